The van der Waals surface area contributed by atoms with Gasteiger partial charge >= 0.3 is 0 Å². The minimum absolute atomic E-state index is 0.0428. The molecule has 3 aromatic heterocycles. The number of H-pyrrole nitrogens is 2. The molecular weight excluding hydrogens is 254 g/mol. The molecular formula is C10H10ClN7. The first-order valence-electron chi connectivity index (χ1n) is 5.36. The summed E-state index contributed by atoms with van der Waals surface area (Å²) >= 11 is 5.85. The lowest BCUT2D eigenvalue weighted by molar-refractivity contribution is 0.876. The number of nitrogens with one attached hydrogen (secondary N) is 3. The van der Waals surface area contributed by atoms with Crippen LogP contribution in [0.5, 0.6) is 0 Å². The molecule has 1 atom stereocenters. The predicted octanol–water partition coefficient (Wildman–Crippen LogP) is 1.90. The van der Waals surface area contributed by atoms with Crippen LogP contribution in [0.15, 0.2) is 18.7 Å². The number of fused-ring (bicyclic) bond motifs is 1. The zero-order valence-corrected chi connectivity index (χ0v) is 10.2. The average Bonchev–Trinajstić information content (AvgIpc) is 2.98. The lowest BCUT2D eigenvalue weighted by Gasteiger charge is -2.12. The Balaban J connectivity index is 1.97. The standard InChI is InChI=1S/C10H10ClN7/c1-5(6-2-14-15-3-6)16-9-7-8(13-4-12-7)17-10(11)18-9/h2-5H,1H3,(H,14,15)(H2,12,13,16,17,18). The first-order chi connectivity index (χ1) is 8.74. The fourth-order valence-electron chi connectivity index (χ4n) is 1.70. The van der Waals surface area contributed by atoms with E-state index < -0.39 is 0 Å². The summed E-state index contributed by atoms with van der Waals surface area (Å²) in [4.78, 5) is 15.2. The SMILES string of the molecule is CC(Nc1nc(Cl)nc2nc[nH]c12)c1cn[nH]c1. The molecule has 0 spiro atoms. The van der Waals surface area contributed by atoms with Crippen molar-refractivity contribution in [3.05, 3.63) is 29.6 Å². The molecule has 0 aliphatic rings. The molecule has 1 unspecified atom stereocenters. The third kappa shape index (κ3) is 1.88. The summed E-state index contributed by atoms with van der Waals surface area (Å²) in [5.74, 6) is 0.621. The van der Waals surface area contributed by atoms with Gasteiger partial charge in [-0.1, -0.05) is 0 Å². The molecule has 3 rings (SSSR count). The molecule has 0 saturated heterocycles. The van der Waals surface area contributed by atoms with Gasteiger partial charge in [-0.15, -0.1) is 0 Å². The highest BCUT2D eigenvalue weighted by atomic mass is 35.5. The topological polar surface area (TPSA) is 95.2 Å². The zero-order chi connectivity index (χ0) is 12.5. The summed E-state index contributed by atoms with van der Waals surface area (Å²) in [5, 5.41) is 10.1. The fraction of sp³-hybridized carbons (Fsp3) is 0.200. The second kappa shape index (κ2) is 4.26. The predicted molar refractivity (Wildman–Crippen MR) is 67.3 cm³/mol. The number of imidazole rings is 1. The van der Waals surface area contributed by atoms with E-state index in [4.69, 9.17) is 11.6 Å². The number of rotatable bonds is 3. The highest BCUT2D eigenvalue weighted by Gasteiger charge is 2.12. The molecule has 92 valence electrons. The van der Waals surface area contributed by atoms with E-state index >= 15 is 0 Å². The third-order valence-corrected chi connectivity index (χ3v) is 2.80. The zero-order valence-electron chi connectivity index (χ0n) is 9.48. The van der Waals surface area contributed by atoms with Crippen LogP contribution in [-0.2, 0) is 0 Å². The van der Waals surface area contributed by atoms with Gasteiger partial charge in [-0.05, 0) is 18.5 Å². The van der Waals surface area contributed by atoms with Gasteiger partial charge in [0.15, 0.2) is 11.5 Å². The number of aromatic amines is 2. The summed E-state index contributed by atoms with van der Waals surface area (Å²) in [6.07, 6.45) is 5.14. The molecule has 0 radical (unpaired) electrons. The second-order valence-corrected chi connectivity index (χ2v) is 4.18. The van der Waals surface area contributed by atoms with Crippen molar-refractivity contribution in [3.8, 4) is 0 Å². The van der Waals surface area contributed by atoms with E-state index in [2.05, 4.69) is 35.5 Å². The van der Waals surface area contributed by atoms with E-state index in [-0.39, 0.29) is 11.3 Å². The van der Waals surface area contributed by atoms with E-state index in [9.17, 15) is 0 Å². The molecule has 0 amide bonds. The highest BCUT2D eigenvalue weighted by Crippen LogP contribution is 2.23. The molecule has 0 saturated carbocycles. The number of hydrogen-bond donors (Lipinski definition) is 3. The molecule has 0 aliphatic carbocycles. The Kier molecular flexibility index (Phi) is 2.60. The van der Waals surface area contributed by atoms with Crippen molar-refractivity contribution in [1.29, 1.82) is 0 Å². The van der Waals surface area contributed by atoms with E-state index in [1.165, 1.54) is 0 Å². The van der Waals surface area contributed by atoms with Gasteiger partial charge in [-0.2, -0.15) is 15.1 Å². The Bertz CT molecular complexity index is 660. The summed E-state index contributed by atoms with van der Waals surface area (Å²) in [5.41, 5.74) is 2.30. The molecule has 3 aromatic rings. The maximum atomic E-state index is 5.85. The molecule has 18 heavy (non-hydrogen) atoms. The number of hydrogen-bond acceptors (Lipinski definition) is 5. The Morgan fingerprint density at radius 2 is 2.28 bits per heavy atom. The molecule has 3 heterocycles. The maximum absolute atomic E-state index is 5.85. The van der Waals surface area contributed by atoms with Crippen molar-refractivity contribution in [2.45, 2.75) is 13.0 Å². The van der Waals surface area contributed by atoms with E-state index in [1.54, 1.807) is 12.5 Å². The van der Waals surface area contributed by atoms with Gasteiger partial charge in [-0.25, -0.2) is 4.98 Å². The molecule has 8 heteroatoms. The van der Waals surface area contributed by atoms with E-state index in [0.717, 1.165) is 11.1 Å². The van der Waals surface area contributed by atoms with Gasteiger partial charge < -0.3 is 10.3 Å². The summed E-state index contributed by atoms with van der Waals surface area (Å²) in [6, 6.07) is 0.0428. The number of aromatic nitrogens is 6. The van der Waals surface area contributed by atoms with Crippen molar-refractivity contribution < 1.29 is 0 Å². The van der Waals surface area contributed by atoms with E-state index in [0.29, 0.717) is 11.5 Å². The number of anilines is 1. The van der Waals surface area contributed by atoms with Crippen molar-refractivity contribution >= 4 is 28.6 Å². The van der Waals surface area contributed by atoms with Gasteiger partial charge in [-0.3, -0.25) is 5.10 Å². The van der Waals surface area contributed by atoms with Gasteiger partial charge in [0.05, 0.1) is 18.6 Å². The summed E-state index contributed by atoms with van der Waals surface area (Å²) < 4.78 is 0. The Morgan fingerprint density at radius 3 is 3.06 bits per heavy atom. The average molecular weight is 264 g/mol. The van der Waals surface area contributed by atoms with Crippen molar-refractivity contribution in [3.63, 3.8) is 0 Å². The smallest absolute Gasteiger partial charge is 0.226 e. The van der Waals surface area contributed by atoms with Crippen LogP contribution < -0.4 is 5.32 Å². The number of halogens is 1. The van der Waals surface area contributed by atoms with Crippen LogP contribution >= 0.6 is 11.6 Å². The van der Waals surface area contributed by atoms with Crippen LogP contribution in [-0.4, -0.2) is 30.1 Å². The molecule has 7 nitrogen and oxygen atoms in total. The Morgan fingerprint density at radius 1 is 1.39 bits per heavy atom. The van der Waals surface area contributed by atoms with Crippen LogP contribution in [0.25, 0.3) is 11.2 Å². The van der Waals surface area contributed by atoms with Gasteiger partial charge in [0.25, 0.3) is 0 Å². The first-order valence-corrected chi connectivity index (χ1v) is 5.73. The molecule has 0 aromatic carbocycles. The Labute approximate surface area is 107 Å². The molecule has 3 N–H and O–H groups in total. The highest BCUT2D eigenvalue weighted by molar-refractivity contribution is 6.28. The molecule has 0 fully saturated rings. The van der Waals surface area contributed by atoms with Crippen LogP contribution in [0, 0.1) is 0 Å². The number of nitrogens with zero attached hydrogens (tertiary/aromatic N) is 4. The molecule has 0 bridgehead atoms. The minimum atomic E-state index is 0.0428. The quantitative estimate of drug-likeness (QED) is 0.627. The third-order valence-electron chi connectivity index (χ3n) is 2.63. The van der Waals surface area contributed by atoms with Crippen LogP contribution in [0.3, 0.4) is 0 Å². The van der Waals surface area contributed by atoms with Crippen LogP contribution in [0.4, 0.5) is 5.82 Å². The first kappa shape index (κ1) is 11.0. The summed E-state index contributed by atoms with van der Waals surface area (Å²) in [6.45, 7) is 2.00. The van der Waals surface area contributed by atoms with E-state index in [1.807, 2.05) is 13.1 Å². The van der Waals surface area contributed by atoms with Gasteiger partial charge in [0.1, 0.15) is 5.52 Å². The van der Waals surface area contributed by atoms with Gasteiger partial charge in [0, 0.05) is 11.8 Å². The van der Waals surface area contributed by atoms with Crippen molar-refractivity contribution in [1.82, 2.24) is 30.1 Å². The van der Waals surface area contributed by atoms with Crippen LogP contribution in [0.1, 0.15) is 18.5 Å². The monoisotopic (exact) mass is 263 g/mol. The second-order valence-electron chi connectivity index (χ2n) is 3.84. The fourth-order valence-corrected chi connectivity index (χ4v) is 1.86. The van der Waals surface area contributed by atoms with Gasteiger partial charge in [0.2, 0.25) is 5.28 Å². The normalized spacial score (nSPS) is 12.8. The van der Waals surface area contributed by atoms with Crippen molar-refractivity contribution in [2.24, 2.45) is 0 Å². The summed E-state index contributed by atoms with van der Waals surface area (Å²) in [7, 11) is 0. The van der Waals surface area contributed by atoms with Crippen LogP contribution in [0.2, 0.25) is 5.28 Å². The molecule has 0 aliphatic heterocycles. The lowest BCUT2D eigenvalue weighted by Crippen LogP contribution is -2.08. The maximum Gasteiger partial charge on any atom is 0.226 e. The van der Waals surface area contributed by atoms with Crippen molar-refractivity contribution in [2.75, 3.05) is 5.32 Å². The largest absolute Gasteiger partial charge is 0.361 e. The Hall–Kier alpha value is -2.15. The minimum Gasteiger partial charge on any atom is -0.361 e. The lowest BCUT2D eigenvalue weighted by atomic mass is 10.2.